The SMILES string of the molecule is CCC(C(=O)O)C(=O)OCc1ccc2ccc3cccc4ccc1c2c34. The van der Waals surface area contributed by atoms with Crippen molar-refractivity contribution in [3.05, 3.63) is 60.2 Å². The van der Waals surface area contributed by atoms with Gasteiger partial charge in [0.15, 0.2) is 5.92 Å². The highest BCUT2D eigenvalue weighted by Gasteiger charge is 2.25. The summed E-state index contributed by atoms with van der Waals surface area (Å²) in [5.74, 6) is -2.95. The van der Waals surface area contributed by atoms with Crippen LogP contribution in [0.3, 0.4) is 0 Å². The molecule has 1 unspecified atom stereocenters. The van der Waals surface area contributed by atoms with Crippen LogP contribution < -0.4 is 0 Å². The number of ether oxygens (including phenoxy) is 1. The van der Waals surface area contributed by atoms with E-state index in [0.29, 0.717) is 0 Å². The molecule has 4 aromatic carbocycles. The van der Waals surface area contributed by atoms with Gasteiger partial charge in [0.25, 0.3) is 0 Å². The summed E-state index contributed by atoms with van der Waals surface area (Å²) < 4.78 is 5.31. The molecule has 0 spiro atoms. The first-order chi connectivity index (χ1) is 12.6. The van der Waals surface area contributed by atoms with Gasteiger partial charge in [-0.15, -0.1) is 0 Å². The van der Waals surface area contributed by atoms with E-state index >= 15 is 0 Å². The Morgan fingerprint density at radius 3 is 2.19 bits per heavy atom. The van der Waals surface area contributed by atoms with Gasteiger partial charge in [0.05, 0.1) is 0 Å². The number of carboxylic acids is 1. The summed E-state index contributed by atoms with van der Waals surface area (Å²) in [4.78, 5) is 23.2. The molecule has 0 saturated heterocycles. The molecule has 4 rings (SSSR count). The lowest BCUT2D eigenvalue weighted by Gasteiger charge is -2.15. The third-order valence-electron chi connectivity index (χ3n) is 4.98. The van der Waals surface area contributed by atoms with E-state index in [9.17, 15) is 9.59 Å². The van der Waals surface area contributed by atoms with E-state index < -0.39 is 17.9 Å². The highest BCUT2D eigenvalue weighted by molar-refractivity contribution is 6.23. The molecular formula is C22H18O4. The Bertz CT molecular complexity index is 1110. The van der Waals surface area contributed by atoms with E-state index in [1.165, 1.54) is 16.2 Å². The Labute approximate surface area is 150 Å². The summed E-state index contributed by atoms with van der Waals surface area (Å²) in [6, 6.07) is 18.5. The second-order valence-electron chi connectivity index (χ2n) is 6.49. The summed E-state index contributed by atoms with van der Waals surface area (Å²) in [5, 5.41) is 16.0. The molecular weight excluding hydrogens is 328 g/mol. The van der Waals surface area contributed by atoms with Crippen LogP contribution in [-0.2, 0) is 20.9 Å². The lowest BCUT2D eigenvalue weighted by atomic mass is 9.92. The van der Waals surface area contributed by atoms with E-state index in [1.54, 1.807) is 6.92 Å². The van der Waals surface area contributed by atoms with Gasteiger partial charge in [0.1, 0.15) is 6.61 Å². The topological polar surface area (TPSA) is 63.6 Å². The molecule has 4 aromatic rings. The second kappa shape index (κ2) is 6.30. The summed E-state index contributed by atoms with van der Waals surface area (Å²) in [5.41, 5.74) is 0.879. The van der Waals surface area contributed by atoms with Crippen molar-refractivity contribution >= 4 is 44.3 Å². The molecule has 4 heteroatoms. The number of carbonyl (C=O) groups excluding carboxylic acids is 1. The van der Waals surface area contributed by atoms with E-state index in [4.69, 9.17) is 9.84 Å². The van der Waals surface area contributed by atoms with Crippen molar-refractivity contribution < 1.29 is 19.4 Å². The van der Waals surface area contributed by atoms with Gasteiger partial charge in [0, 0.05) is 0 Å². The third kappa shape index (κ3) is 2.54. The number of benzene rings is 4. The molecule has 0 fully saturated rings. The van der Waals surface area contributed by atoms with E-state index in [2.05, 4.69) is 30.3 Å². The van der Waals surface area contributed by atoms with Gasteiger partial charge in [-0.05, 0) is 44.3 Å². The van der Waals surface area contributed by atoms with Crippen LogP contribution in [0.1, 0.15) is 18.9 Å². The molecule has 0 bridgehead atoms. The molecule has 1 atom stereocenters. The lowest BCUT2D eigenvalue weighted by molar-refractivity contribution is -0.159. The first-order valence-corrected chi connectivity index (χ1v) is 8.65. The number of rotatable bonds is 5. The fraction of sp³-hybridized carbons (Fsp3) is 0.182. The molecule has 0 aromatic heterocycles. The molecule has 0 saturated carbocycles. The molecule has 1 N–H and O–H groups in total. The quantitative estimate of drug-likeness (QED) is 0.322. The van der Waals surface area contributed by atoms with Crippen molar-refractivity contribution in [3.63, 3.8) is 0 Å². The molecule has 130 valence electrons. The minimum absolute atomic E-state index is 0.0663. The molecule has 0 aliphatic carbocycles. The highest BCUT2D eigenvalue weighted by atomic mass is 16.5. The van der Waals surface area contributed by atoms with Crippen molar-refractivity contribution in [3.8, 4) is 0 Å². The Kier molecular flexibility index (Phi) is 3.96. The maximum absolute atomic E-state index is 12.1. The molecule has 4 nitrogen and oxygen atoms in total. The van der Waals surface area contributed by atoms with Crippen LogP contribution in [-0.4, -0.2) is 17.0 Å². The van der Waals surface area contributed by atoms with Crippen LogP contribution in [0.15, 0.2) is 54.6 Å². The zero-order valence-corrected chi connectivity index (χ0v) is 14.4. The van der Waals surface area contributed by atoms with Crippen LogP contribution in [0.2, 0.25) is 0 Å². The van der Waals surface area contributed by atoms with Gasteiger partial charge >= 0.3 is 11.9 Å². The summed E-state index contributed by atoms with van der Waals surface area (Å²) in [6.07, 6.45) is 0.215. The van der Waals surface area contributed by atoms with Gasteiger partial charge < -0.3 is 9.84 Å². The van der Waals surface area contributed by atoms with E-state index in [1.807, 2.05) is 24.3 Å². The van der Waals surface area contributed by atoms with Gasteiger partial charge in [-0.1, -0.05) is 61.5 Å². The average molecular weight is 346 g/mol. The first kappa shape index (κ1) is 16.3. The Hall–Kier alpha value is -3.14. The summed E-state index contributed by atoms with van der Waals surface area (Å²) in [7, 11) is 0. The van der Waals surface area contributed by atoms with Crippen LogP contribution in [0, 0.1) is 5.92 Å². The smallest absolute Gasteiger partial charge is 0.320 e. The Morgan fingerprint density at radius 1 is 0.923 bits per heavy atom. The van der Waals surface area contributed by atoms with Crippen LogP contribution in [0.25, 0.3) is 32.3 Å². The van der Waals surface area contributed by atoms with Crippen LogP contribution in [0.5, 0.6) is 0 Å². The number of aliphatic carboxylic acids is 1. The number of carboxylic acid groups (broad SMARTS) is 1. The van der Waals surface area contributed by atoms with E-state index in [-0.39, 0.29) is 13.0 Å². The standard InChI is InChI=1S/C22H18O4/c1-2-17(21(23)24)22(25)26-12-16-9-8-15-7-6-13-4-3-5-14-10-11-18(16)20(15)19(13)14/h3-11,17H,2,12H2,1H3,(H,23,24). The maximum Gasteiger partial charge on any atom is 0.320 e. The number of carbonyl (C=O) groups is 2. The maximum atomic E-state index is 12.1. The van der Waals surface area contributed by atoms with Crippen molar-refractivity contribution in [1.29, 1.82) is 0 Å². The average Bonchev–Trinajstić information content (AvgIpc) is 2.65. The fourth-order valence-corrected chi connectivity index (χ4v) is 3.61. The molecule has 0 heterocycles. The number of hydrogen-bond donors (Lipinski definition) is 1. The van der Waals surface area contributed by atoms with E-state index in [0.717, 1.165) is 21.7 Å². The monoisotopic (exact) mass is 346 g/mol. The second-order valence-corrected chi connectivity index (χ2v) is 6.49. The first-order valence-electron chi connectivity index (χ1n) is 8.65. The van der Waals surface area contributed by atoms with Gasteiger partial charge in [-0.2, -0.15) is 0 Å². The molecule has 0 aliphatic rings. The molecule has 26 heavy (non-hydrogen) atoms. The number of esters is 1. The zero-order chi connectivity index (χ0) is 18.3. The molecule has 0 radical (unpaired) electrons. The van der Waals surface area contributed by atoms with Crippen molar-refractivity contribution in [2.24, 2.45) is 5.92 Å². The van der Waals surface area contributed by atoms with Gasteiger partial charge in [-0.3, -0.25) is 9.59 Å². The predicted octanol–water partition coefficient (Wildman–Crippen LogP) is 4.74. The van der Waals surface area contributed by atoms with Gasteiger partial charge in [0.2, 0.25) is 0 Å². The fourth-order valence-electron chi connectivity index (χ4n) is 3.61. The third-order valence-corrected chi connectivity index (χ3v) is 4.98. The van der Waals surface area contributed by atoms with Crippen LogP contribution >= 0.6 is 0 Å². The Balaban J connectivity index is 1.77. The van der Waals surface area contributed by atoms with Crippen LogP contribution in [0.4, 0.5) is 0 Å². The lowest BCUT2D eigenvalue weighted by Crippen LogP contribution is -2.25. The Morgan fingerprint density at radius 2 is 1.54 bits per heavy atom. The highest BCUT2D eigenvalue weighted by Crippen LogP contribution is 2.36. The zero-order valence-electron chi connectivity index (χ0n) is 14.4. The summed E-state index contributed by atoms with van der Waals surface area (Å²) >= 11 is 0. The van der Waals surface area contributed by atoms with Crippen molar-refractivity contribution in [1.82, 2.24) is 0 Å². The molecule has 0 amide bonds. The number of hydrogen-bond acceptors (Lipinski definition) is 3. The van der Waals surface area contributed by atoms with Crippen molar-refractivity contribution in [2.45, 2.75) is 20.0 Å². The summed E-state index contributed by atoms with van der Waals surface area (Å²) in [6.45, 7) is 1.73. The predicted molar refractivity (Wildman–Crippen MR) is 101 cm³/mol. The largest absolute Gasteiger partial charge is 0.481 e. The minimum atomic E-state index is -1.15. The minimum Gasteiger partial charge on any atom is -0.481 e. The normalized spacial score (nSPS) is 12.7. The molecule has 0 aliphatic heterocycles. The van der Waals surface area contributed by atoms with Crippen molar-refractivity contribution in [2.75, 3.05) is 0 Å². The van der Waals surface area contributed by atoms with Gasteiger partial charge in [-0.25, -0.2) is 0 Å².